The van der Waals surface area contributed by atoms with E-state index < -0.39 is 0 Å². The Morgan fingerprint density at radius 3 is 1.41 bits per heavy atom. The highest BCUT2D eigenvalue weighted by atomic mass is 32.2. The monoisotopic (exact) mass is 559 g/mol. The summed E-state index contributed by atoms with van der Waals surface area (Å²) in [5.41, 5.74) is 0. The molecule has 0 heterocycles. The Morgan fingerprint density at radius 2 is 1.05 bits per heavy atom. The quantitative estimate of drug-likeness (QED) is 0.0764. The van der Waals surface area contributed by atoms with E-state index in [2.05, 4.69) is 67.2 Å². The normalized spacial score (nSPS) is 13.4. The van der Waals surface area contributed by atoms with Crippen molar-refractivity contribution in [2.45, 2.75) is 182 Å². The highest BCUT2D eigenvalue weighted by Gasteiger charge is 2.36. The number of unbranched alkanes of at least 4 members (excludes halogenated alkanes) is 13. The van der Waals surface area contributed by atoms with Crippen LogP contribution in [0.5, 0.6) is 0 Å². The lowest BCUT2D eigenvalue weighted by Crippen LogP contribution is -2.61. The van der Waals surface area contributed by atoms with Gasteiger partial charge in [0.2, 0.25) is 0 Å². The van der Waals surface area contributed by atoms with E-state index in [1.54, 1.807) is 11.8 Å². The second-order valence-electron chi connectivity index (χ2n) is 12.6. The second kappa shape index (κ2) is 21.9. The first-order valence-electron chi connectivity index (χ1n) is 16.0. The number of quaternary nitrogens is 1. The van der Waals surface area contributed by atoms with Crippen LogP contribution in [0.4, 0.5) is 0 Å². The summed E-state index contributed by atoms with van der Waals surface area (Å²) in [6, 6.07) is 1.80. The summed E-state index contributed by atoms with van der Waals surface area (Å²) in [5, 5.41) is 11.1. The number of hydrogen-bond donors (Lipinski definition) is 1. The van der Waals surface area contributed by atoms with E-state index in [-0.39, 0.29) is 6.10 Å². The molecule has 0 aromatic carbocycles. The fraction of sp³-hybridized carbons (Fsp3) is 0.969. The smallest absolute Gasteiger partial charge is 0.136 e. The van der Waals surface area contributed by atoms with Gasteiger partial charge in [-0.2, -0.15) is 0 Å². The average Bonchev–Trinajstić information content (AvgIpc) is 2.81. The van der Waals surface area contributed by atoms with Crippen LogP contribution in [0.2, 0.25) is 0 Å². The largest absolute Gasteiger partial charge is 0.386 e. The first-order valence-corrected chi connectivity index (χ1v) is 17.4. The molecule has 0 aliphatic carbocycles. The van der Waals surface area contributed by atoms with Crippen molar-refractivity contribution in [2.75, 3.05) is 18.8 Å². The molecule has 0 aliphatic rings. The molecule has 3 nitrogen and oxygen atoms in total. The lowest BCUT2D eigenvalue weighted by molar-refractivity contribution is -0.969. The molecule has 37 heavy (non-hydrogen) atoms. The van der Waals surface area contributed by atoms with Gasteiger partial charge in [0, 0.05) is 17.8 Å². The highest BCUT2D eigenvalue weighted by molar-refractivity contribution is 8.22. The third-order valence-corrected chi connectivity index (χ3v) is 9.83. The summed E-state index contributed by atoms with van der Waals surface area (Å²) < 4.78 is 1.92. The molecule has 0 radical (unpaired) electrons. The molecule has 5 heteroatoms. The minimum Gasteiger partial charge on any atom is -0.386 e. The van der Waals surface area contributed by atoms with Crippen LogP contribution in [0.1, 0.15) is 152 Å². The Balaban J connectivity index is 4.38. The molecule has 1 atom stereocenters. The summed E-state index contributed by atoms with van der Waals surface area (Å²) in [5.74, 6) is 0.687. The van der Waals surface area contributed by atoms with E-state index in [0.29, 0.717) is 29.9 Å². The number of hydrogen-bond acceptors (Lipinski definition) is 3. The van der Waals surface area contributed by atoms with E-state index in [1.165, 1.54) is 96.4 Å². The average molecular weight is 560 g/mol. The van der Waals surface area contributed by atoms with Crippen LogP contribution in [0.15, 0.2) is 0 Å². The molecule has 0 aliphatic heterocycles. The van der Waals surface area contributed by atoms with Gasteiger partial charge < -0.3 is 14.5 Å². The predicted octanol–water partition coefficient (Wildman–Crippen LogP) is 9.60. The molecule has 0 aromatic rings. The van der Waals surface area contributed by atoms with Gasteiger partial charge in [-0.3, -0.25) is 0 Å². The SMILES string of the molecule is CCCCCCCCCCCCCCCC[N+](CC(O)CSC(=S)N(C(C)C)C(C)C)(C(C)C)C(C)C. The standard InChI is InChI=1S/C32H67N2OS2/c1-10-11-12-13-14-15-16-17-18-19-20-21-22-23-24-34(29(6)7,30(8)9)25-31(35)26-37-32(36)33(27(2)3)28(4)5/h27-31,35H,10-26H2,1-9H3/q+1. The second-order valence-corrected chi connectivity index (χ2v) is 14.3. The molecule has 1 unspecified atom stereocenters. The van der Waals surface area contributed by atoms with Crippen LogP contribution < -0.4 is 0 Å². The maximum Gasteiger partial charge on any atom is 0.136 e. The first kappa shape index (κ1) is 37.2. The lowest BCUT2D eigenvalue weighted by atomic mass is 10.0. The highest BCUT2D eigenvalue weighted by Crippen LogP contribution is 2.25. The predicted molar refractivity (Wildman–Crippen MR) is 174 cm³/mol. The molecule has 222 valence electrons. The van der Waals surface area contributed by atoms with E-state index in [0.717, 1.165) is 15.3 Å². The number of nitrogens with zero attached hydrogens (tertiary/aromatic N) is 2. The van der Waals surface area contributed by atoms with Crippen molar-refractivity contribution in [1.29, 1.82) is 0 Å². The molecule has 1 N–H and O–H groups in total. The van der Waals surface area contributed by atoms with Crippen molar-refractivity contribution in [3.05, 3.63) is 0 Å². The fourth-order valence-corrected chi connectivity index (χ4v) is 7.57. The molecule has 0 aromatic heterocycles. The van der Waals surface area contributed by atoms with E-state index >= 15 is 0 Å². The minimum absolute atomic E-state index is 0.333. The molecule has 0 rings (SSSR count). The van der Waals surface area contributed by atoms with Crippen molar-refractivity contribution >= 4 is 28.3 Å². The van der Waals surface area contributed by atoms with Crippen LogP contribution >= 0.6 is 24.0 Å². The number of aliphatic hydroxyl groups is 1. The number of aliphatic hydroxyl groups excluding tert-OH is 1. The maximum atomic E-state index is 11.1. The zero-order valence-electron chi connectivity index (χ0n) is 26.6. The van der Waals surface area contributed by atoms with E-state index in [1.807, 2.05) is 0 Å². The van der Waals surface area contributed by atoms with Crippen molar-refractivity contribution < 1.29 is 9.59 Å². The van der Waals surface area contributed by atoms with Crippen molar-refractivity contribution in [3.63, 3.8) is 0 Å². The van der Waals surface area contributed by atoms with Gasteiger partial charge in [-0.1, -0.05) is 108 Å². The Kier molecular flexibility index (Phi) is 22.0. The number of thioether (sulfide) groups is 1. The Morgan fingerprint density at radius 1 is 0.676 bits per heavy atom. The van der Waals surface area contributed by atoms with Gasteiger partial charge >= 0.3 is 0 Å². The molecule has 0 amide bonds. The van der Waals surface area contributed by atoms with Gasteiger partial charge in [0.25, 0.3) is 0 Å². The minimum atomic E-state index is -0.333. The summed E-state index contributed by atoms with van der Waals surface area (Å²) in [6.45, 7) is 22.4. The zero-order chi connectivity index (χ0) is 28.3. The van der Waals surface area contributed by atoms with Gasteiger partial charge in [-0.05, 0) is 68.2 Å². The summed E-state index contributed by atoms with van der Waals surface area (Å²) in [4.78, 5) is 2.29. The number of thiocarbonyl (C=S) groups is 1. The van der Waals surface area contributed by atoms with Crippen LogP contribution in [-0.4, -0.2) is 67.9 Å². The van der Waals surface area contributed by atoms with Crippen LogP contribution in [0, 0.1) is 0 Å². The van der Waals surface area contributed by atoms with Crippen LogP contribution in [-0.2, 0) is 0 Å². The third-order valence-electron chi connectivity index (χ3n) is 8.26. The molecular formula is C32H67N2OS2+. The van der Waals surface area contributed by atoms with Crippen LogP contribution in [0.25, 0.3) is 0 Å². The molecule has 0 saturated heterocycles. The zero-order valence-corrected chi connectivity index (χ0v) is 28.2. The molecular weight excluding hydrogens is 492 g/mol. The summed E-state index contributed by atoms with van der Waals surface area (Å²) in [6.07, 6.45) is 19.2. The Hall–Kier alpha value is 0.160. The van der Waals surface area contributed by atoms with Crippen molar-refractivity contribution in [1.82, 2.24) is 4.90 Å². The van der Waals surface area contributed by atoms with Gasteiger partial charge in [-0.15, -0.1) is 0 Å². The third kappa shape index (κ3) is 16.1. The van der Waals surface area contributed by atoms with Crippen molar-refractivity contribution in [2.24, 2.45) is 0 Å². The molecule has 0 bridgehead atoms. The van der Waals surface area contributed by atoms with Gasteiger partial charge in [-0.25, -0.2) is 0 Å². The fourth-order valence-electron chi connectivity index (χ4n) is 5.93. The summed E-state index contributed by atoms with van der Waals surface area (Å²) in [7, 11) is 0. The van der Waals surface area contributed by atoms with Crippen molar-refractivity contribution in [3.8, 4) is 0 Å². The molecule has 0 fully saturated rings. The molecule has 0 spiro atoms. The summed E-state index contributed by atoms with van der Waals surface area (Å²) >= 11 is 7.39. The first-order chi connectivity index (χ1) is 17.5. The molecule has 0 saturated carbocycles. The maximum absolute atomic E-state index is 11.1. The van der Waals surface area contributed by atoms with E-state index in [4.69, 9.17) is 12.2 Å². The Bertz CT molecular complexity index is 535. The van der Waals surface area contributed by atoms with Gasteiger partial charge in [0.1, 0.15) is 17.0 Å². The van der Waals surface area contributed by atoms with Gasteiger partial charge in [0.15, 0.2) is 0 Å². The van der Waals surface area contributed by atoms with Gasteiger partial charge in [0.05, 0.1) is 18.6 Å². The number of rotatable bonds is 23. The van der Waals surface area contributed by atoms with Crippen LogP contribution in [0.3, 0.4) is 0 Å². The Labute approximate surface area is 243 Å². The topological polar surface area (TPSA) is 23.5 Å². The van der Waals surface area contributed by atoms with E-state index in [9.17, 15) is 5.11 Å². The lowest BCUT2D eigenvalue weighted by Gasteiger charge is -2.47.